The molecule has 0 aliphatic carbocycles. The third kappa shape index (κ3) is 2.71. The molecular formula is C12H15N3O. The lowest BCUT2D eigenvalue weighted by atomic mass is 10.0. The summed E-state index contributed by atoms with van der Waals surface area (Å²) in [5.41, 5.74) is 0.637. The Balaban J connectivity index is 2.00. The van der Waals surface area contributed by atoms with Gasteiger partial charge in [-0.05, 0) is 31.9 Å². The van der Waals surface area contributed by atoms with Crippen LogP contribution in [-0.2, 0) is 4.74 Å². The average Bonchev–Trinajstić information content (AvgIpc) is 2.29. The van der Waals surface area contributed by atoms with E-state index in [1.54, 1.807) is 18.3 Å². The lowest BCUT2D eigenvalue weighted by Gasteiger charge is -2.28. The lowest BCUT2D eigenvalue weighted by Crippen LogP contribution is -2.32. The van der Waals surface area contributed by atoms with Crippen molar-refractivity contribution in [3.63, 3.8) is 0 Å². The van der Waals surface area contributed by atoms with Gasteiger partial charge in [0.1, 0.15) is 5.82 Å². The summed E-state index contributed by atoms with van der Waals surface area (Å²) in [4.78, 5) is 4.20. The predicted octanol–water partition coefficient (Wildman–Crippen LogP) is 1.93. The van der Waals surface area contributed by atoms with E-state index in [0.717, 1.165) is 25.3 Å². The monoisotopic (exact) mass is 217 g/mol. The van der Waals surface area contributed by atoms with Gasteiger partial charge in [0, 0.05) is 18.8 Å². The number of nitrogens with one attached hydrogen (secondary N) is 1. The molecule has 0 amide bonds. The molecule has 1 saturated heterocycles. The largest absolute Gasteiger partial charge is 0.378 e. The first-order chi connectivity index (χ1) is 7.78. The molecule has 0 bridgehead atoms. The number of anilines is 1. The maximum absolute atomic E-state index is 8.78. The van der Waals surface area contributed by atoms with Gasteiger partial charge in [0.15, 0.2) is 0 Å². The molecule has 1 aromatic heterocycles. The van der Waals surface area contributed by atoms with Gasteiger partial charge in [-0.1, -0.05) is 0 Å². The lowest BCUT2D eigenvalue weighted by molar-refractivity contribution is 0.0232. The first kappa shape index (κ1) is 10.9. The quantitative estimate of drug-likeness (QED) is 0.822. The van der Waals surface area contributed by atoms with Crippen LogP contribution in [0.15, 0.2) is 18.3 Å². The zero-order valence-corrected chi connectivity index (χ0v) is 9.31. The van der Waals surface area contributed by atoms with E-state index < -0.39 is 0 Å². The van der Waals surface area contributed by atoms with Crippen LogP contribution >= 0.6 is 0 Å². The molecule has 1 N–H and O–H groups in total. The van der Waals surface area contributed by atoms with Crippen LogP contribution in [0.25, 0.3) is 0 Å². The molecule has 1 aromatic rings. The van der Waals surface area contributed by atoms with E-state index in [-0.39, 0.29) is 0 Å². The molecule has 1 aliphatic rings. The Morgan fingerprint density at radius 2 is 2.50 bits per heavy atom. The molecule has 16 heavy (non-hydrogen) atoms. The minimum atomic E-state index is 0.297. The van der Waals surface area contributed by atoms with E-state index in [9.17, 15) is 0 Å². The zero-order valence-electron chi connectivity index (χ0n) is 9.31. The number of hydrogen-bond acceptors (Lipinski definition) is 4. The van der Waals surface area contributed by atoms with Gasteiger partial charge in [-0.15, -0.1) is 0 Å². The Kier molecular flexibility index (Phi) is 3.37. The third-order valence-electron chi connectivity index (χ3n) is 2.73. The highest BCUT2D eigenvalue weighted by Gasteiger charge is 2.19. The molecule has 2 atom stereocenters. The maximum Gasteiger partial charge on any atom is 0.127 e. The number of ether oxygens (including phenoxy) is 1. The second-order valence-electron chi connectivity index (χ2n) is 4.09. The fourth-order valence-corrected chi connectivity index (χ4v) is 1.92. The van der Waals surface area contributed by atoms with E-state index in [4.69, 9.17) is 10.00 Å². The molecule has 0 radical (unpaired) electrons. The van der Waals surface area contributed by atoms with E-state index in [1.165, 1.54) is 0 Å². The van der Waals surface area contributed by atoms with Gasteiger partial charge >= 0.3 is 0 Å². The van der Waals surface area contributed by atoms with E-state index in [1.807, 2.05) is 0 Å². The summed E-state index contributed by atoms with van der Waals surface area (Å²) in [6.45, 7) is 2.86. The zero-order chi connectivity index (χ0) is 11.4. The van der Waals surface area contributed by atoms with Gasteiger partial charge in [0.05, 0.1) is 17.7 Å². The number of nitriles is 1. The molecule has 2 rings (SSSR count). The van der Waals surface area contributed by atoms with Crippen molar-refractivity contribution < 1.29 is 4.74 Å². The Labute approximate surface area is 95.3 Å². The van der Waals surface area contributed by atoms with Crippen LogP contribution in [0.3, 0.4) is 0 Å². The van der Waals surface area contributed by atoms with Crippen molar-refractivity contribution in [1.82, 2.24) is 4.98 Å². The van der Waals surface area contributed by atoms with Crippen molar-refractivity contribution in [2.45, 2.75) is 31.9 Å². The molecule has 1 aliphatic heterocycles. The number of nitrogens with zero attached hydrogens (tertiary/aromatic N) is 2. The third-order valence-corrected chi connectivity index (χ3v) is 2.73. The minimum Gasteiger partial charge on any atom is -0.378 e. The molecule has 0 aromatic carbocycles. The van der Waals surface area contributed by atoms with Crippen molar-refractivity contribution in [3.05, 3.63) is 23.9 Å². The molecular weight excluding hydrogens is 202 g/mol. The second kappa shape index (κ2) is 4.95. The summed E-state index contributed by atoms with van der Waals surface area (Å²) in [6, 6.07) is 5.99. The van der Waals surface area contributed by atoms with Crippen LogP contribution in [0.5, 0.6) is 0 Å². The summed E-state index contributed by atoms with van der Waals surface area (Å²) in [6.07, 6.45) is 3.93. The highest BCUT2D eigenvalue weighted by atomic mass is 16.5. The smallest absolute Gasteiger partial charge is 0.127 e. The van der Waals surface area contributed by atoms with Gasteiger partial charge in [-0.2, -0.15) is 5.26 Å². The summed E-state index contributed by atoms with van der Waals surface area (Å²) >= 11 is 0. The van der Waals surface area contributed by atoms with Gasteiger partial charge in [-0.25, -0.2) is 4.98 Å². The highest BCUT2D eigenvalue weighted by molar-refractivity contribution is 5.43. The average molecular weight is 217 g/mol. The van der Waals surface area contributed by atoms with Crippen LogP contribution in [0.2, 0.25) is 0 Å². The van der Waals surface area contributed by atoms with E-state index >= 15 is 0 Å². The van der Waals surface area contributed by atoms with Gasteiger partial charge in [-0.3, -0.25) is 0 Å². The SMILES string of the molecule is CC1CC(Nc2cc(C#N)ccn2)CCO1. The highest BCUT2D eigenvalue weighted by Crippen LogP contribution is 2.17. The second-order valence-corrected chi connectivity index (χ2v) is 4.09. The van der Waals surface area contributed by atoms with Crippen LogP contribution < -0.4 is 5.32 Å². The molecule has 1 fully saturated rings. The Bertz CT molecular complexity index is 399. The van der Waals surface area contributed by atoms with Crippen LogP contribution in [0.1, 0.15) is 25.3 Å². The Morgan fingerprint density at radius 3 is 3.25 bits per heavy atom. The first-order valence-electron chi connectivity index (χ1n) is 5.52. The van der Waals surface area contributed by atoms with Crippen molar-refractivity contribution >= 4 is 5.82 Å². The normalized spacial score (nSPS) is 24.8. The van der Waals surface area contributed by atoms with Crippen LogP contribution in [0.4, 0.5) is 5.82 Å². The van der Waals surface area contributed by atoms with Gasteiger partial charge in [0.2, 0.25) is 0 Å². The van der Waals surface area contributed by atoms with E-state index in [2.05, 4.69) is 23.3 Å². The maximum atomic E-state index is 8.78. The predicted molar refractivity (Wildman–Crippen MR) is 61.0 cm³/mol. The molecule has 2 heterocycles. The summed E-state index contributed by atoms with van der Waals surface area (Å²) in [7, 11) is 0. The Hall–Kier alpha value is -1.60. The van der Waals surface area contributed by atoms with Crippen molar-refractivity contribution in [1.29, 1.82) is 5.26 Å². The number of pyridine rings is 1. The van der Waals surface area contributed by atoms with Crippen molar-refractivity contribution in [2.75, 3.05) is 11.9 Å². The molecule has 0 saturated carbocycles. The molecule has 4 nitrogen and oxygen atoms in total. The summed E-state index contributed by atoms with van der Waals surface area (Å²) < 4.78 is 5.48. The van der Waals surface area contributed by atoms with Gasteiger partial charge in [0.25, 0.3) is 0 Å². The molecule has 84 valence electrons. The number of hydrogen-bond donors (Lipinski definition) is 1. The number of aromatic nitrogens is 1. The van der Waals surface area contributed by atoms with E-state index in [0.29, 0.717) is 17.7 Å². The molecule has 0 spiro atoms. The first-order valence-corrected chi connectivity index (χ1v) is 5.52. The summed E-state index contributed by atoms with van der Waals surface area (Å²) in [5, 5.41) is 12.1. The van der Waals surface area contributed by atoms with Gasteiger partial charge < -0.3 is 10.1 Å². The van der Waals surface area contributed by atoms with Crippen LogP contribution in [-0.4, -0.2) is 23.7 Å². The number of rotatable bonds is 2. The summed E-state index contributed by atoms with van der Waals surface area (Å²) in [5.74, 6) is 0.776. The minimum absolute atomic E-state index is 0.297. The van der Waals surface area contributed by atoms with Crippen molar-refractivity contribution in [2.24, 2.45) is 0 Å². The molecule has 2 unspecified atom stereocenters. The van der Waals surface area contributed by atoms with Crippen molar-refractivity contribution in [3.8, 4) is 6.07 Å². The Morgan fingerprint density at radius 1 is 1.62 bits per heavy atom. The standard InChI is InChI=1S/C12H15N3O/c1-9-6-11(3-5-16-9)15-12-7-10(8-13)2-4-14-12/h2,4,7,9,11H,3,5-6H2,1H3,(H,14,15). The fraction of sp³-hybridized carbons (Fsp3) is 0.500. The fourth-order valence-electron chi connectivity index (χ4n) is 1.92. The van der Waals surface area contributed by atoms with Crippen LogP contribution in [0, 0.1) is 11.3 Å². The topological polar surface area (TPSA) is 57.9 Å². The molecule has 4 heteroatoms.